The number of carboxylic acids is 1. The number of hydrogen-bond donors (Lipinski definition) is 3. The molecule has 36 heavy (non-hydrogen) atoms. The van der Waals surface area contributed by atoms with Gasteiger partial charge in [0.2, 0.25) is 0 Å². The first-order valence-corrected chi connectivity index (χ1v) is 12.1. The molecule has 3 N–H and O–H groups in total. The number of carboxylic acid groups (broad SMARTS) is 1. The van der Waals surface area contributed by atoms with Gasteiger partial charge in [0, 0.05) is 31.3 Å². The van der Waals surface area contributed by atoms with E-state index in [1.54, 1.807) is 0 Å². The number of rotatable bonds is 13. The molecule has 0 spiro atoms. The van der Waals surface area contributed by atoms with Crippen LogP contribution in [-0.2, 0) is 10.2 Å². The Bertz CT molecular complexity index is 1060. The topological polar surface area (TPSA) is 121 Å². The van der Waals surface area contributed by atoms with Crippen molar-refractivity contribution in [2.24, 2.45) is 5.16 Å². The number of ether oxygens (including phenoxy) is 3. The van der Waals surface area contributed by atoms with Crippen LogP contribution in [0.1, 0.15) is 63.0 Å². The maximum Gasteiger partial charge on any atom is 0.339 e. The molecule has 0 saturated heterocycles. The van der Waals surface area contributed by atoms with Gasteiger partial charge in [0.1, 0.15) is 41.7 Å². The summed E-state index contributed by atoms with van der Waals surface area (Å²) in [5.74, 6) is -0.754. The van der Waals surface area contributed by atoms with Gasteiger partial charge in [-0.05, 0) is 56.0 Å². The molecule has 0 heterocycles. The van der Waals surface area contributed by atoms with Gasteiger partial charge in [0.05, 0.1) is 12.3 Å². The zero-order valence-electron chi connectivity index (χ0n) is 22.0. The van der Waals surface area contributed by atoms with Gasteiger partial charge in [0.15, 0.2) is 0 Å². The van der Waals surface area contributed by atoms with Crippen molar-refractivity contribution in [3.8, 4) is 17.2 Å². The number of phenols is 1. The van der Waals surface area contributed by atoms with Gasteiger partial charge in [0.25, 0.3) is 0 Å². The van der Waals surface area contributed by atoms with Crippen molar-refractivity contribution in [1.29, 1.82) is 0 Å². The van der Waals surface area contributed by atoms with Crippen molar-refractivity contribution < 1.29 is 34.4 Å². The molecule has 198 valence electrons. The van der Waals surface area contributed by atoms with Crippen LogP contribution in [-0.4, -0.2) is 66.6 Å². The first-order valence-electron chi connectivity index (χ1n) is 12.1. The van der Waals surface area contributed by atoms with Gasteiger partial charge in [-0.1, -0.05) is 25.9 Å². The van der Waals surface area contributed by atoms with E-state index in [9.17, 15) is 15.1 Å². The van der Waals surface area contributed by atoms with E-state index in [-0.39, 0.29) is 29.0 Å². The Kier molecular flexibility index (Phi) is 10.4. The van der Waals surface area contributed by atoms with E-state index < -0.39 is 11.7 Å². The summed E-state index contributed by atoms with van der Waals surface area (Å²) in [4.78, 5) is 13.4. The van der Waals surface area contributed by atoms with Crippen LogP contribution in [0.4, 0.5) is 5.69 Å². The lowest BCUT2D eigenvalue weighted by atomic mass is 9.83. The van der Waals surface area contributed by atoms with E-state index in [0.717, 1.165) is 24.3 Å². The lowest BCUT2D eigenvalue weighted by molar-refractivity contribution is 0.0693. The summed E-state index contributed by atoms with van der Waals surface area (Å²) in [5, 5.41) is 32.3. The number of aromatic hydroxyl groups is 1. The summed E-state index contributed by atoms with van der Waals surface area (Å²) in [6.07, 6.45) is 0. The number of aromatic carboxylic acids is 1. The van der Waals surface area contributed by atoms with Gasteiger partial charge in [-0.3, -0.25) is 0 Å². The van der Waals surface area contributed by atoms with Crippen molar-refractivity contribution in [3.05, 3.63) is 47.0 Å². The molecule has 0 aliphatic rings. The average Bonchev–Trinajstić information content (AvgIpc) is 2.82. The average molecular weight is 503 g/mol. The number of nitrogens with zero attached hydrogens (tertiary/aromatic N) is 2. The van der Waals surface area contributed by atoms with Crippen LogP contribution in [0, 0.1) is 0 Å². The van der Waals surface area contributed by atoms with Crippen LogP contribution in [0.25, 0.3) is 0 Å². The SMILES string of the molecule is CCOCCOc1cc(/C(COc2ccc(C(=O)O)c(O)c2)=N\O)cc(C(C)(C)C)c1N(CC)CC. The van der Waals surface area contributed by atoms with Crippen LogP contribution < -0.4 is 14.4 Å². The Balaban J connectivity index is 2.47. The summed E-state index contributed by atoms with van der Waals surface area (Å²) in [6, 6.07) is 7.71. The molecule has 0 bridgehead atoms. The Labute approximate surface area is 212 Å². The predicted molar refractivity (Wildman–Crippen MR) is 140 cm³/mol. The third-order valence-corrected chi connectivity index (χ3v) is 5.68. The number of hydrogen-bond acceptors (Lipinski definition) is 8. The van der Waals surface area contributed by atoms with Crippen LogP contribution in [0.2, 0.25) is 0 Å². The smallest absolute Gasteiger partial charge is 0.339 e. The second kappa shape index (κ2) is 13.0. The van der Waals surface area contributed by atoms with Gasteiger partial charge in [-0.15, -0.1) is 0 Å². The normalized spacial score (nSPS) is 11.9. The number of benzene rings is 2. The van der Waals surface area contributed by atoms with Crippen LogP contribution >= 0.6 is 0 Å². The molecule has 2 aromatic rings. The van der Waals surface area contributed by atoms with E-state index >= 15 is 0 Å². The Hall–Kier alpha value is -3.46. The van der Waals surface area contributed by atoms with E-state index in [1.807, 2.05) is 19.1 Å². The standard InChI is InChI=1S/C27H38N2O7/c1-7-29(8-2)25-21(27(4,5)6)14-18(15-24(25)35-13-12-34-9-3)22(28-33)17-36-19-10-11-20(26(31)32)23(30)16-19/h10-11,14-16,30,33H,7-9,12-13,17H2,1-6H3,(H,31,32)/b28-22-. The lowest BCUT2D eigenvalue weighted by Crippen LogP contribution is -2.28. The molecule has 2 rings (SSSR count). The van der Waals surface area contributed by atoms with Gasteiger partial charge < -0.3 is 34.5 Å². The zero-order valence-corrected chi connectivity index (χ0v) is 22.0. The minimum Gasteiger partial charge on any atom is -0.507 e. The van der Waals surface area contributed by atoms with Gasteiger partial charge >= 0.3 is 5.97 Å². The van der Waals surface area contributed by atoms with Crippen molar-refractivity contribution in [3.63, 3.8) is 0 Å². The van der Waals surface area contributed by atoms with E-state index in [4.69, 9.17) is 19.3 Å². The first-order chi connectivity index (χ1) is 17.1. The molecule has 0 aromatic heterocycles. The molecule has 9 nitrogen and oxygen atoms in total. The van der Waals surface area contributed by atoms with Crippen molar-refractivity contribution in [1.82, 2.24) is 0 Å². The Morgan fingerprint density at radius 2 is 1.72 bits per heavy atom. The summed E-state index contributed by atoms with van der Waals surface area (Å²) < 4.78 is 17.3. The molecular formula is C27H38N2O7. The lowest BCUT2D eigenvalue weighted by Gasteiger charge is -2.32. The van der Waals surface area contributed by atoms with E-state index in [2.05, 4.69) is 44.7 Å². The quantitative estimate of drug-likeness (QED) is 0.153. The number of anilines is 1. The highest BCUT2D eigenvalue weighted by atomic mass is 16.5. The van der Waals surface area contributed by atoms with Gasteiger partial charge in [-0.2, -0.15) is 0 Å². The van der Waals surface area contributed by atoms with Crippen molar-refractivity contribution >= 4 is 17.4 Å². The summed E-state index contributed by atoms with van der Waals surface area (Å²) >= 11 is 0. The van der Waals surface area contributed by atoms with Crippen molar-refractivity contribution in [2.45, 2.75) is 47.0 Å². The second-order valence-corrected chi connectivity index (χ2v) is 9.16. The fourth-order valence-corrected chi connectivity index (χ4v) is 3.78. The highest BCUT2D eigenvalue weighted by Crippen LogP contribution is 2.40. The largest absolute Gasteiger partial charge is 0.507 e. The maximum atomic E-state index is 11.1. The Morgan fingerprint density at radius 1 is 1.03 bits per heavy atom. The maximum absolute atomic E-state index is 11.1. The minimum absolute atomic E-state index is 0.116. The second-order valence-electron chi connectivity index (χ2n) is 9.16. The first kappa shape index (κ1) is 28.8. The molecule has 0 aliphatic carbocycles. The van der Waals surface area contributed by atoms with Crippen LogP contribution in [0.15, 0.2) is 35.5 Å². The highest BCUT2D eigenvalue weighted by molar-refractivity contribution is 6.02. The highest BCUT2D eigenvalue weighted by Gasteiger charge is 2.26. The fourth-order valence-electron chi connectivity index (χ4n) is 3.78. The predicted octanol–water partition coefficient (Wildman–Crippen LogP) is 4.91. The fraction of sp³-hybridized carbons (Fsp3) is 0.481. The summed E-state index contributed by atoms with van der Waals surface area (Å²) in [5.41, 5.74) is 2.42. The molecule has 0 saturated carbocycles. The summed E-state index contributed by atoms with van der Waals surface area (Å²) in [7, 11) is 0. The van der Waals surface area contributed by atoms with Gasteiger partial charge in [-0.25, -0.2) is 4.79 Å². The molecule has 0 unspecified atom stereocenters. The Morgan fingerprint density at radius 3 is 2.25 bits per heavy atom. The molecule has 0 amide bonds. The van der Waals surface area contributed by atoms with Crippen LogP contribution in [0.5, 0.6) is 17.2 Å². The molecule has 0 fully saturated rings. The minimum atomic E-state index is -1.24. The monoisotopic (exact) mass is 502 g/mol. The number of carbonyl (C=O) groups is 1. The molecule has 0 atom stereocenters. The molecule has 2 aromatic carbocycles. The third kappa shape index (κ3) is 7.27. The molecule has 9 heteroatoms. The number of oxime groups is 1. The molecule has 0 aliphatic heterocycles. The zero-order chi connectivity index (χ0) is 26.9. The van der Waals surface area contributed by atoms with E-state index in [1.165, 1.54) is 18.2 Å². The third-order valence-electron chi connectivity index (χ3n) is 5.68. The summed E-state index contributed by atoms with van der Waals surface area (Å²) in [6.45, 7) is 15.3. The van der Waals surface area contributed by atoms with E-state index in [0.29, 0.717) is 31.1 Å². The molecule has 0 radical (unpaired) electrons. The van der Waals surface area contributed by atoms with Crippen molar-refractivity contribution in [2.75, 3.05) is 44.4 Å². The molecular weight excluding hydrogens is 464 g/mol. The van der Waals surface area contributed by atoms with Crippen LogP contribution in [0.3, 0.4) is 0 Å².